The van der Waals surface area contributed by atoms with Gasteiger partial charge in [0.1, 0.15) is 27.5 Å². The molecule has 4 aromatic rings. The molecular formula is C50H70N2O4Si2. The van der Waals surface area contributed by atoms with Gasteiger partial charge in [-0.05, 0) is 124 Å². The molecule has 6 nitrogen and oxygen atoms in total. The first-order chi connectivity index (χ1) is 26.6. The number of rotatable bonds is 8. The molecule has 6 rings (SSSR count). The molecule has 0 bridgehead atoms. The number of carbonyl (C=O) groups is 2. The van der Waals surface area contributed by atoms with Gasteiger partial charge < -0.3 is 9.47 Å². The van der Waals surface area contributed by atoms with Crippen molar-refractivity contribution in [2.45, 2.75) is 144 Å². The van der Waals surface area contributed by atoms with Crippen molar-refractivity contribution in [3.05, 3.63) is 82.2 Å². The van der Waals surface area contributed by atoms with Crippen molar-refractivity contribution in [3.8, 4) is 22.9 Å². The van der Waals surface area contributed by atoms with Gasteiger partial charge in [0, 0.05) is 48.0 Å². The Hall–Kier alpha value is -3.93. The number of aromatic nitrogens is 2. The Morgan fingerprint density at radius 1 is 0.586 bits per heavy atom. The molecule has 0 amide bonds. The van der Waals surface area contributed by atoms with Gasteiger partial charge in [-0.25, -0.2) is 9.97 Å². The molecule has 312 valence electrons. The molecule has 8 heteroatoms. The van der Waals surface area contributed by atoms with Crippen LogP contribution in [0.1, 0.15) is 123 Å². The Labute approximate surface area is 352 Å². The van der Waals surface area contributed by atoms with Crippen LogP contribution in [0, 0.1) is 34.8 Å². The van der Waals surface area contributed by atoms with E-state index >= 15 is 0 Å². The third-order valence-corrected chi connectivity index (χ3v) is 12.7. The molecule has 2 heterocycles. The highest BCUT2D eigenvalue weighted by atomic mass is 28.3. The third kappa shape index (κ3) is 13.0. The van der Waals surface area contributed by atoms with E-state index in [1.54, 1.807) is 14.2 Å². The largest absolute Gasteiger partial charge is 0.381 e. The van der Waals surface area contributed by atoms with E-state index in [-0.39, 0.29) is 38.3 Å². The maximum absolute atomic E-state index is 13.0. The highest BCUT2D eigenvalue weighted by Gasteiger charge is 2.28. The van der Waals surface area contributed by atoms with E-state index < -0.39 is 16.1 Å². The molecule has 2 aromatic heterocycles. The van der Waals surface area contributed by atoms with Crippen LogP contribution in [-0.2, 0) is 22.3 Å². The standard InChI is InChI=1S/2C24H31NO2Si.2CH4/c2*1-6-17-15-20-16-19(24(26)18-7-10-21(27-2)11-8-18)9-12-22(20)25-23(17)13-14-28(3,4)5;;/h2*9,12,15-16,18,21H,6-8,10-11H2,1-5H3;2*1H4. The molecule has 2 fully saturated rings. The van der Waals surface area contributed by atoms with Crippen LogP contribution in [0.15, 0.2) is 48.5 Å². The van der Waals surface area contributed by atoms with E-state index in [1.165, 1.54) is 0 Å². The molecule has 0 spiro atoms. The number of methoxy groups -OCH3 is 2. The van der Waals surface area contributed by atoms with Crippen LogP contribution in [0.2, 0.25) is 39.3 Å². The number of hydrogen-bond donors (Lipinski definition) is 0. The van der Waals surface area contributed by atoms with Gasteiger partial charge >= 0.3 is 0 Å². The smallest absolute Gasteiger partial charge is 0.165 e. The van der Waals surface area contributed by atoms with E-state index in [9.17, 15) is 9.59 Å². The lowest BCUT2D eigenvalue weighted by molar-refractivity contribution is 0.0515. The maximum Gasteiger partial charge on any atom is 0.165 e. The Morgan fingerprint density at radius 2 is 0.931 bits per heavy atom. The minimum Gasteiger partial charge on any atom is -0.381 e. The van der Waals surface area contributed by atoms with Crippen LogP contribution in [0.5, 0.6) is 0 Å². The summed E-state index contributed by atoms with van der Waals surface area (Å²) < 4.78 is 10.9. The van der Waals surface area contributed by atoms with Gasteiger partial charge in [-0.3, -0.25) is 9.59 Å². The van der Waals surface area contributed by atoms with E-state index in [2.05, 4.69) is 88.2 Å². The zero-order chi connectivity index (χ0) is 40.6. The maximum atomic E-state index is 13.0. The topological polar surface area (TPSA) is 78.4 Å². The minimum atomic E-state index is -1.45. The van der Waals surface area contributed by atoms with Crippen molar-refractivity contribution in [1.29, 1.82) is 0 Å². The second-order valence-electron chi connectivity index (χ2n) is 17.7. The average molecular weight is 819 g/mol. The quantitative estimate of drug-likeness (QED) is 0.100. The van der Waals surface area contributed by atoms with Crippen molar-refractivity contribution >= 4 is 49.5 Å². The van der Waals surface area contributed by atoms with E-state index in [0.717, 1.165) is 120 Å². The molecule has 2 aliphatic rings. The summed E-state index contributed by atoms with van der Waals surface area (Å²) in [6.45, 7) is 17.7. The lowest BCUT2D eigenvalue weighted by Crippen LogP contribution is -2.25. The minimum absolute atomic E-state index is 0. The van der Waals surface area contributed by atoms with Crippen LogP contribution in [0.25, 0.3) is 21.8 Å². The number of nitrogens with zero attached hydrogens (tertiary/aromatic N) is 2. The lowest BCUT2D eigenvalue weighted by Gasteiger charge is -2.26. The Balaban J connectivity index is 0.000000300. The monoisotopic (exact) mass is 818 g/mol. The number of Topliss-reactive ketones (excluding diaryl/α,β-unsaturated/α-hetero) is 2. The van der Waals surface area contributed by atoms with E-state index in [4.69, 9.17) is 19.4 Å². The van der Waals surface area contributed by atoms with Gasteiger partial charge in [-0.1, -0.05) is 79.8 Å². The van der Waals surface area contributed by atoms with Crippen LogP contribution in [0.3, 0.4) is 0 Å². The number of hydrogen-bond acceptors (Lipinski definition) is 6. The molecule has 0 unspecified atom stereocenters. The zero-order valence-electron chi connectivity index (χ0n) is 35.5. The van der Waals surface area contributed by atoms with Crippen LogP contribution >= 0.6 is 0 Å². The number of ether oxygens (including phenoxy) is 2. The SMILES string of the molecule is C.C.CCc1cc2cc(C(=O)C3CCC(OC)CC3)ccc2nc1C#C[Si](C)(C)C.CCc1cc2cc(C(=O)C3CCC(OC)CC3)ccc2nc1C#C[Si](C)(C)C. The Kier molecular flexibility index (Phi) is 17.8. The molecule has 2 aromatic carbocycles. The number of pyridine rings is 2. The predicted octanol–water partition coefficient (Wildman–Crippen LogP) is 12.1. The molecule has 58 heavy (non-hydrogen) atoms. The fourth-order valence-electron chi connectivity index (χ4n) is 7.59. The number of benzene rings is 2. The van der Waals surface area contributed by atoms with Crippen LogP contribution in [-0.4, -0.2) is 64.1 Å². The Bertz CT molecular complexity index is 2010. The first kappa shape index (κ1) is 48.4. The van der Waals surface area contributed by atoms with Crippen molar-refractivity contribution in [3.63, 3.8) is 0 Å². The predicted molar refractivity (Wildman–Crippen MR) is 250 cm³/mol. The number of carbonyl (C=O) groups excluding carboxylic acids is 2. The first-order valence-electron chi connectivity index (χ1n) is 20.7. The molecule has 0 N–H and O–H groups in total. The molecule has 0 radical (unpaired) electrons. The number of fused-ring (bicyclic) bond motifs is 2. The average Bonchev–Trinajstić information content (AvgIpc) is 3.20. The van der Waals surface area contributed by atoms with Crippen LogP contribution in [0.4, 0.5) is 0 Å². The second kappa shape index (κ2) is 21.4. The molecule has 2 aliphatic carbocycles. The van der Waals surface area contributed by atoms with Crippen molar-refractivity contribution in [2.75, 3.05) is 14.2 Å². The van der Waals surface area contributed by atoms with Crippen molar-refractivity contribution < 1.29 is 19.1 Å². The summed E-state index contributed by atoms with van der Waals surface area (Å²) >= 11 is 0. The normalized spacial score (nSPS) is 19.2. The summed E-state index contributed by atoms with van der Waals surface area (Å²) in [6, 6.07) is 16.2. The molecule has 0 aliphatic heterocycles. The molecule has 0 saturated heterocycles. The summed E-state index contributed by atoms with van der Waals surface area (Å²) in [6.07, 6.45) is 9.96. The van der Waals surface area contributed by atoms with Crippen molar-refractivity contribution in [1.82, 2.24) is 9.97 Å². The van der Waals surface area contributed by atoms with Crippen LogP contribution < -0.4 is 0 Å². The van der Waals surface area contributed by atoms with Gasteiger partial charge in [0.15, 0.2) is 11.6 Å². The summed E-state index contributed by atoms with van der Waals surface area (Å²) in [5.74, 6) is 7.39. The van der Waals surface area contributed by atoms with E-state index in [1.807, 2.05) is 36.4 Å². The first-order valence-corrected chi connectivity index (χ1v) is 27.7. The van der Waals surface area contributed by atoms with Crippen molar-refractivity contribution in [2.24, 2.45) is 11.8 Å². The van der Waals surface area contributed by atoms with Gasteiger partial charge in [0.25, 0.3) is 0 Å². The number of ketones is 2. The van der Waals surface area contributed by atoms with Gasteiger partial charge in [0.05, 0.1) is 23.2 Å². The highest BCUT2D eigenvalue weighted by molar-refractivity contribution is 6.84. The Morgan fingerprint density at radius 3 is 1.22 bits per heavy atom. The fourth-order valence-corrected chi connectivity index (χ4v) is 8.58. The summed E-state index contributed by atoms with van der Waals surface area (Å²) in [5, 5.41) is 2.07. The summed E-state index contributed by atoms with van der Waals surface area (Å²) in [4.78, 5) is 35.6. The second-order valence-corrected chi connectivity index (χ2v) is 27.2. The third-order valence-electron chi connectivity index (χ3n) is 11.0. The summed E-state index contributed by atoms with van der Waals surface area (Å²) in [7, 11) is 0.624. The molecule has 2 saturated carbocycles. The van der Waals surface area contributed by atoms with E-state index in [0.29, 0.717) is 12.2 Å². The zero-order valence-corrected chi connectivity index (χ0v) is 37.5. The lowest BCUT2D eigenvalue weighted by atomic mass is 9.82. The van der Waals surface area contributed by atoms with Gasteiger partial charge in [-0.15, -0.1) is 11.1 Å². The van der Waals surface area contributed by atoms with Gasteiger partial charge in [-0.2, -0.15) is 0 Å². The summed E-state index contributed by atoms with van der Waals surface area (Å²) in [5.41, 5.74) is 14.4. The number of aryl methyl sites for hydroxylation is 2. The molecule has 0 atom stereocenters. The fraction of sp³-hybridized carbons (Fsp3) is 0.520. The highest BCUT2D eigenvalue weighted by Crippen LogP contribution is 2.31. The van der Waals surface area contributed by atoms with Gasteiger partial charge in [0.2, 0.25) is 0 Å². The molecular weight excluding hydrogens is 749 g/mol.